The van der Waals surface area contributed by atoms with E-state index >= 15 is 0 Å². The van der Waals surface area contributed by atoms with E-state index in [1.807, 2.05) is 6.92 Å². The first-order chi connectivity index (χ1) is 5.18. The van der Waals surface area contributed by atoms with Crippen molar-refractivity contribution in [3.05, 3.63) is 22.3 Å². The molecule has 0 saturated carbocycles. The molecule has 0 aromatic carbocycles. The van der Waals surface area contributed by atoms with Gasteiger partial charge in [0.1, 0.15) is 11.3 Å². The molecule has 2 aromatic rings. The summed E-state index contributed by atoms with van der Waals surface area (Å²) >= 11 is 1.81. The summed E-state index contributed by atoms with van der Waals surface area (Å²) in [4.78, 5) is 1.32. The Hall–Kier alpha value is -0.760. The first-order valence-corrected chi connectivity index (χ1v) is 4.46. The lowest BCUT2D eigenvalue weighted by Gasteiger charge is -1.83. The molecule has 0 spiro atoms. The highest BCUT2D eigenvalue weighted by atomic mass is 32.1. The van der Waals surface area contributed by atoms with E-state index in [0.29, 0.717) is 0 Å². The lowest BCUT2D eigenvalue weighted by Crippen LogP contribution is -1.66. The third-order valence-electron chi connectivity index (χ3n) is 1.95. The van der Waals surface area contributed by atoms with Gasteiger partial charge in [0.2, 0.25) is 0 Å². The van der Waals surface area contributed by atoms with Crippen molar-refractivity contribution in [1.29, 1.82) is 0 Å². The van der Waals surface area contributed by atoms with Gasteiger partial charge in [-0.15, -0.1) is 11.3 Å². The normalized spacial score (nSPS) is 11.2. The van der Waals surface area contributed by atoms with E-state index < -0.39 is 0 Å². The lowest BCUT2D eigenvalue weighted by molar-refractivity contribution is 0.575. The zero-order valence-corrected chi connectivity index (χ0v) is 7.71. The number of hydrogen-bond acceptors (Lipinski definition) is 2. The van der Waals surface area contributed by atoms with Gasteiger partial charge in [0.15, 0.2) is 0 Å². The van der Waals surface area contributed by atoms with Crippen LogP contribution in [0.5, 0.6) is 0 Å². The SMILES string of the molecule is Cc1cc2oc(C)c(C)c2s1. The molecule has 0 bridgehead atoms. The lowest BCUT2D eigenvalue weighted by atomic mass is 10.3. The van der Waals surface area contributed by atoms with Crippen molar-refractivity contribution in [2.75, 3.05) is 0 Å². The fraction of sp³-hybridized carbons (Fsp3) is 0.333. The Labute approximate surface area is 69.6 Å². The number of aryl methyl sites for hydroxylation is 3. The van der Waals surface area contributed by atoms with E-state index in [1.165, 1.54) is 15.1 Å². The summed E-state index contributed by atoms with van der Waals surface area (Å²) in [6, 6.07) is 2.10. The summed E-state index contributed by atoms with van der Waals surface area (Å²) in [5.41, 5.74) is 2.33. The molecule has 0 aliphatic heterocycles. The van der Waals surface area contributed by atoms with Gasteiger partial charge in [-0.3, -0.25) is 0 Å². The highest BCUT2D eigenvalue weighted by Crippen LogP contribution is 2.31. The molecular weight excluding hydrogens is 156 g/mol. The first-order valence-electron chi connectivity index (χ1n) is 3.64. The first kappa shape index (κ1) is 6.92. The molecule has 1 nitrogen and oxygen atoms in total. The molecular formula is C9H10OS. The zero-order chi connectivity index (χ0) is 8.01. The van der Waals surface area contributed by atoms with Crippen molar-refractivity contribution >= 4 is 21.6 Å². The van der Waals surface area contributed by atoms with Crippen molar-refractivity contribution in [2.45, 2.75) is 20.8 Å². The standard InChI is InChI=1S/C9H10OS/c1-5-4-8-9(11-5)6(2)7(3)10-8/h4H,1-3H3. The molecule has 11 heavy (non-hydrogen) atoms. The minimum Gasteiger partial charge on any atom is -0.460 e. The molecule has 2 heterocycles. The topological polar surface area (TPSA) is 13.1 Å². The number of thiophene rings is 1. The van der Waals surface area contributed by atoms with Gasteiger partial charge < -0.3 is 4.42 Å². The van der Waals surface area contributed by atoms with E-state index in [0.717, 1.165) is 11.3 Å². The van der Waals surface area contributed by atoms with Crippen LogP contribution >= 0.6 is 11.3 Å². The maximum absolute atomic E-state index is 5.53. The van der Waals surface area contributed by atoms with E-state index in [-0.39, 0.29) is 0 Å². The van der Waals surface area contributed by atoms with Crippen LogP contribution in [0.3, 0.4) is 0 Å². The molecule has 0 radical (unpaired) electrons. The Morgan fingerprint density at radius 3 is 2.64 bits per heavy atom. The van der Waals surface area contributed by atoms with Crippen molar-refractivity contribution in [2.24, 2.45) is 0 Å². The predicted molar refractivity (Wildman–Crippen MR) is 48.3 cm³/mol. The monoisotopic (exact) mass is 166 g/mol. The molecule has 2 rings (SSSR count). The Bertz CT molecular complexity index is 395. The van der Waals surface area contributed by atoms with Crippen LogP contribution in [-0.4, -0.2) is 0 Å². The highest BCUT2D eigenvalue weighted by molar-refractivity contribution is 7.19. The average molecular weight is 166 g/mol. The third kappa shape index (κ3) is 0.897. The van der Waals surface area contributed by atoms with Crippen LogP contribution in [0.2, 0.25) is 0 Å². The molecule has 0 unspecified atom stereocenters. The fourth-order valence-electron chi connectivity index (χ4n) is 1.23. The summed E-state index contributed by atoms with van der Waals surface area (Å²) in [6.45, 7) is 6.23. The van der Waals surface area contributed by atoms with Crippen LogP contribution in [-0.2, 0) is 0 Å². The van der Waals surface area contributed by atoms with E-state index in [2.05, 4.69) is 19.9 Å². The Morgan fingerprint density at radius 2 is 2.00 bits per heavy atom. The van der Waals surface area contributed by atoms with Gasteiger partial charge in [-0.2, -0.15) is 0 Å². The van der Waals surface area contributed by atoms with Crippen molar-refractivity contribution < 1.29 is 4.42 Å². The molecule has 0 amide bonds. The second-order valence-electron chi connectivity index (χ2n) is 2.83. The van der Waals surface area contributed by atoms with Gasteiger partial charge in [0, 0.05) is 10.4 Å². The summed E-state index contributed by atoms with van der Waals surface area (Å²) in [7, 11) is 0. The highest BCUT2D eigenvalue weighted by Gasteiger charge is 2.08. The smallest absolute Gasteiger partial charge is 0.145 e. The molecule has 2 aromatic heterocycles. The second kappa shape index (κ2) is 2.11. The number of rotatable bonds is 0. The number of furan rings is 1. The average Bonchev–Trinajstić information content (AvgIpc) is 2.37. The van der Waals surface area contributed by atoms with Crippen molar-refractivity contribution in [3.63, 3.8) is 0 Å². The summed E-state index contributed by atoms with van der Waals surface area (Å²) in [5, 5.41) is 0. The minimum atomic E-state index is 1.04. The summed E-state index contributed by atoms with van der Waals surface area (Å²) < 4.78 is 6.84. The maximum Gasteiger partial charge on any atom is 0.145 e. The number of fused-ring (bicyclic) bond motifs is 1. The predicted octanol–water partition coefficient (Wildman–Crippen LogP) is 3.42. The van der Waals surface area contributed by atoms with Crippen molar-refractivity contribution in [3.8, 4) is 0 Å². The molecule has 0 atom stereocenters. The second-order valence-corrected chi connectivity index (χ2v) is 4.09. The minimum absolute atomic E-state index is 1.04. The van der Waals surface area contributed by atoms with Crippen LogP contribution < -0.4 is 0 Å². The molecule has 0 aliphatic carbocycles. The van der Waals surface area contributed by atoms with Gasteiger partial charge >= 0.3 is 0 Å². The quantitative estimate of drug-likeness (QED) is 0.584. The van der Waals surface area contributed by atoms with Crippen LogP contribution in [0, 0.1) is 20.8 Å². The van der Waals surface area contributed by atoms with Gasteiger partial charge in [0.25, 0.3) is 0 Å². The fourth-order valence-corrected chi connectivity index (χ4v) is 2.22. The summed E-state index contributed by atoms with van der Waals surface area (Å²) in [6.07, 6.45) is 0. The van der Waals surface area contributed by atoms with Crippen molar-refractivity contribution in [1.82, 2.24) is 0 Å². The molecule has 0 aliphatic rings. The Morgan fingerprint density at radius 1 is 1.27 bits per heavy atom. The van der Waals surface area contributed by atoms with Crippen LogP contribution in [0.25, 0.3) is 10.3 Å². The Kier molecular flexibility index (Phi) is 1.33. The van der Waals surface area contributed by atoms with Gasteiger partial charge in [-0.1, -0.05) is 0 Å². The largest absolute Gasteiger partial charge is 0.460 e. The third-order valence-corrected chi connectivity index (χ3v) is 3.10. The van der Waals surface area contributed by atoms with E-state index in [4.69, 9.17) is 4.42 Å². The van der Waals surface area contributed by atoms with E-state index in [9.17, 15) is 0 Å². The number of hydrogen-bond donors (Lipinski definition) is 0. The molecule has 0 fully saturated rings. The zero-order valence-electron chi connectivity index (χ0n) is 6.89. The van der Waals surface area contributed by atoms with Gasteiger partial charge in [0.05, 0.1) is 4.70 Å². The maximum atomic E-state index is 5.53. The van der Waals surface area contributed by atoms with Gasteiger partial charge in [-0.25, -0.2) is 0 Å². The molecule has 58 valence electrons. The Balaban J connectivity index is 2.88. The summed E-state index contributed by atoms with van der Waals surface area (Å²) in [5.74, 6) is 1.05. The molecule has 0 N–H and O–H groups in total. The molecule has 2 heteroatoms. The van der Waals surface area contributed by atoms with Gasteiger partial charge in [-0.05, 0) is 26.8 Å². The van der Waals surface area contributed by atoms with Crippen LogP contribution in [0.4, 0.5) is 0 Å². The van der Waals surface area contributed by atoms with Crippen LogP contribution in [0.15, 0.2) is 10.5 Å². The van der Waals surface area contributed by atoms with E-state index in [1.54, 1.807) is 11.3 Å². The van der Waals surface area contributed by atoms with Crippen LogP contribution in [0.1, 0.15) is 16.2 Å². The molecule has 0 saturated heterocycles.